The summed E-state index contributed by atoms with van der Waals surface area (Å²) in [6, 6.07) is 7.37. The van der Waals surface area contributed by atoms with Gasteiger partial charge in [0.2, 0.25) is 5.91 Å². The molecule has 0 bridgehead atoms. The summed E-state index contributed by atoms with van der Waals surface area (Å²) in [4.78, 5) is 39.4. The lowest BCUT2D eigenvalue weighted by molar-refractivity contribution is -0.885. The van der Waals surface area contributed by atoms with E-state index in [0.717, 1.165) is 67.0 Å². The van der Waals surface area contributed by atoms with Crippen LogP contribution in [0.2, 0.25) is 0 Å². The van der Waals surface area contributed by atoms with Crippen molar-refractivity contribution in [3.05, 3.63) is 60.3 Å². The van der Waals surface area contributed by atoms with E-state index in [4.69, 9.17) is 4.98 Å². The summed E-state index contributed by atoms with van der Waals surface area (Å²) in [5, 5.41) is 20.3. The van der Waals surface area contributed by atoms with Crippen LogP contribution in [0.1, 0.15) is 50.8 Å². The van der Waals surface area contributed by atoms with Gasteiger partial charge in [0.25, 0.3) is 0 Å². The Morgan fingerprint density at radius 2 is 1.90 bits per heavy atom. The molecule has 41 heavy (non-hydrogen) atoms. The highest BCUT2D eigenvalue weighted by atomic mass is 16.5. The first kappa shape index (κ1) is 29.9. The lowest BCUT2D eigenvalue weighted by atomic mass is 10.1. The van der Waals surface area contributed by atoms with Gasteiger partial charge >= 0.3 is 5.82 Å². The number of unbranched alkanes of at least 4 members (excludes halogenated alkanes) is 1. The zero-order valence-corrected chi connectivity index (χ0v) is 24.0. The number of hydrogen-bond acceptors (Lipinski definition) is 9. The molecule has 0 radical (unpaired) electrons. The van der Waals surface area contributed by atoms with Gasteiger partial charge in [-0.05, 0) is 74.1 Å². The number of fused-ring (bicyclic) bond motifs is 1. The second-order valence-corrected chi connectivity index (χ2v) is 10.4. The number of amides is 1. The second kappa shape index (κ2) is 15.0. The molecular formula is C30H41N8O3+. The summed E-state index contributed by atoms with van der Waals surface area (Å²) < 4.78 is 1.01. The molecule has 1 atom stereocenters. The van der Waals surface area contributed by atoms with Gasteiger partial charge in [0.1, 0.15) is 12.0 Å². The average molecular weight is 562 g/mol. The van der Waals surface area contributed by atoms with Crippen LogP contribution >= 0.6 is 0 Å². The maximum atomic E-state index is 12.6. The number of aromatic nitrogens is 4. The highest BCUT2D eigenvalue weighted by Crippen LogP contribution is 2.20. The highest BCUT2D eigenvalue weighted by molar-refractivity contribution is 5.83. The quantitative estimate of drug-likeness (QED) is 0.125. The fourth-order valence-electron chi connectivity index (χ4n) is 4.98. The van der Waals surface area contributed by atoms with Crippen molar-refractivity contribution in [2.75, 3.05) is 43.4 Å². The van der Waals surface area contributed by atoms with Gasteiger partial charge in [-0.25, -0.2) is 4.98 Å². The molecule has 0 spiro atoms. The summed E-state index contributed by atoms with van der Waals surface area (Å²) in [5.41, 5.74) is 3.64. The van der Waals surface area contributed by atoms with Crippen LogP contribution < -0.4 is 20.7 Å². The molecule has 4 N–H and O–H groups in total. The van der Waals surface area contributed by atoms with Crippen molar-refractivity contribution in [1.82, 2.24) is 25.2 Å². The number of Topliss-reactive ketones (excluding diaryl/α,β-unsaturated/α-hetero) is 1. The monoisotopic (exact) mass is 561 g/mol. The van der Waals surface area contributed by atoms with E-state index >= 15 is 0 Å². The van der Waals surface area contributed by atoms with Crippen LogP contribution in [-0.4, -0.2) is 75.5 Å². The number of aryl methyl sites for hydroxylation is 2. The number of ketones is 1. The Kier molecular flexibility index (Phi) is 10.9. The van der Waals surface area contributed by atoms with Gasteiger partial charge in [-0.2, -0.15) is 0 Å². The zero-order chi connectivity index (χ0) is 29.0. The van der Waals surface area contributed by atoms with Crippen molar-refractivity contribution < 1.29 is 19.5 Å². The van der Waals surface area contributed by atoms with E-state index < -0.39 is 6.04 Å². The molecule has 11 nitrogen and oxygen atoms in total. The molecule has 1 amide bonds. The fourth-order valence-corrected chi connectivity index (χ4v) is 4.98. The number of carbonyl (C=O) groups excluding carboxylic acids is 2. The predicted octanol–water partition coefficient (Wildman–Crippen LogP) is 2.64. The molecule has 0 fully saturated rings. The smallest absolute Gasteiger partial charge is 0.333 e. The van der Waals surface area contributed by atoms with Crippen molar-refractivity contribution in [2.24, 2.45) is 0 Å². The molecule has 1 aliphatic rings. The molecule has 4 heterocycles. The Bertz CT molecular complexity index is 1300. The Labute approximate surface area is 241 Å². The Morgan fingerprint density at radius 1 is 1.07 bits per heavy atom. The second-order valence-electron chi connectivity index (χ2n) is 10.4. The third kappa shape index (κ3) is 8.94. The van der Waals surface area contributed by atoms with E-state index in [1.807, 2.05) is 0 Å². The molecule has 0 aromatic carbocycles. The normalized spacial score (nSPS) is 13.2. The van der Waals surface area contributed by atoms with E-state index in [2.05, 4.69) is 43.0 Å². The molecule has 218 valence electrons. The van der Waals surface area contributed by atoms with Crippen LogP contribution in [0, 0.1) is 0 Å². The van der Waals surface area contributed by atoms with Crippen LogP contribution in [0.3, 0.4) is 0 Å². The number of anilines is 2. The Balaban J connectivity index is 1.33. The molecule has 3 aromatic rings. The van der Waals surface area contributed by atoms with Gasteiger partial charge < -0.3 is 20.7 Å². The summed E-state index contributed by atoms with van der Waals surface area (Å²) in [7, 11) is 0. The van der Waals surface area contributed by atoms with Crippen molar-refractivity contribution in [3.63, 3.8) is 0 Å². The topological polar surface area (TPSA) is 136 Å². The summed E-state index contributed by atoms with van der Waals surface area (Å²) in [6.45, 7) is 6.76. The van der Waals surface area contributed by atoms with E-state index in [-0.39, 0.29) is 11.7 Å². The van der Waals surface area contributed by atoms with Crippen LogP contribution in [0.5, 0.6) is 0 Å². The number of nitrogens with one attached hydrogen (secondary N) is 3. The molecule has 0 saturated carbocycles. The third-order valence-corrected chi connectivity index (χ3v) is 7.28. The predicted molar refractivity (Wildman–Crippen MR) is 157 cm³/mol. The molecule has 0 aliphatic carbocycles. The largest absolute Gasteiger partial charge is 0.370 e. The molecular weight excluding hydrogens is 520 g/mol. The van der Waals surface area contributed by atoms with E-state index in [1.54, 1.807) is 37.6 Å². The van der Waals surface area contributed by atoms with Crippen LogP contribution in [0.25, 0.3) is 11.3 Å². The van der Waals surface area contributed by atoms with Crippen LogP contribution in [0.4, 0.5) is 11.6 Å². The Hall–Kier alpha value is -4.12. The molecule has 4 rings (SSSR count). The minimum absolute atomic E-state index is 0.0341. The first-order valence-corrected chi connectivity index (χ1v) is 14.4. The van der Waals surface area contributed by atoms with Gasteiger partial charge in [0.05, 0.1) is 6.20 Å². The molecule has 3 aromatic heterocycles. The summed E-state index contributed by atoms with van der Waals surface area (Å²) in [5.74, 6) is 1.26. The van der Waals surface area contributed by atoms with Gasteiger partial charge in [-0.1, -0.05) is 6.07 Å². The van der Waals surface area contributed by atoms with Crippen molar-refractivity contribution in [2.45, 2.75) is 58.4 Å². The van der Waals surface area contributed by atoms with Crippen LogP contribution in [0.15, 0.2) is 49.1 Å². The number of pyridine rings is 2. The minimum Gasteiger partial charge on any atom is -0.370 e. The van der Waals surface area contributed by atoms with Gasteiger partial charge in [0.15, 0.2) is 17.5 Å². The third-order valence-electron chi connectivity index (χ3n) is 7.28. The first-order valence-electron chi connectivity index (χ1n) is 14.4. The maximum absolute atomic E-state index is 12.6. The highest BCUT2D eigenvalue weighted by Gasteiger charge is 2.25. The first-order chi connectivity index (χ1) is 19.9. The standard InChI is InChI=1S/C30H40N8O3/c1-22(39)27(36-29-21-32-20-28(38(29)41)24-10-14-31-15-11-24)12-18-37(19-16-33-23(2)40)17-4-3-7-26-9-8-25-6-5-13-34-30(25)35-26/h8-11,14-15,20-21,27,41H,3-7,12-13,16-19H2,1-2H3,(H2,33,34,35,40)/p+1/t27-/m0/s1. The number of hydrogen-bond donors (Lipinski definition) is 4. The minimum atomic E-state index is -0.515. The summed E-state index contributed by atoms with van der Waals surface area (Å²) >= 11 is 0. The zero-order valence-electron chi connectivity index (χ0n) is 24.0. The lowest BCUT2D eigenvalue weighted by Gasteiger charge is -2.24. The maximum Gasteiger partial charge on any atom is 0.333 e. The van der Waals surface area contributed by atoms with Gasteiger partial charge in [-0.15, -0.1) is 0 Å². The molecule has 0 unspecified atom stereocenters. The van der Waals surface area contributed by atoms with E-state index in [1.165, 1.54) is 18.7 Å². The Morgan fingerprint density at radius 3 is 2.68 bits per heavy atom. The average Bonchev–Trinajstić information content (AvgIpc) is 2.97. The molecule has 11 heteroatoms. The van der Waals surface area contributed by atoms with E-state index in [9.17, 15) is 14.8 Å². The van der Waals surface area contributed by atoms with Crippen molar-refractivity contribution >= 4 is 23.3 Å². The molecule has 1 aliphatic heterocycles. The van der Waals surface area contributed by atoms with Gasteiger partial charge in [-0.3, -0.25) is 24.9 Å². The number of nitrogens with zero attached hydrogens (tertiary/aromatic N) is 5. The SMILES string of the molecule is CC(=O)NCCN(CCCCc1ccc2c(n1)NCCC2)CC[C@H](Nc1cncc(-c2ccncc2)[n+]1O)C(C)=O. The van der Waals surface area contributed by atoms with Gasteiger partial charge in [0, 0.05) is 63.2 Å². The van der Waals surface area contributed by atoms with E-state index in [0.29, 0.717) is 37.6 Å². The number of carbonyl (C=O) groups is 2. The molecule has 0 saturated heterocycles. The van der Waals surface area contributed by atoms with Crippen molar-refractivity contribution in [3.8, 4) is 11.3 Å². The van der Waals surface area contributed by atoms with Crippen molar-refractivity contribution in [1.29, 1.82) is 0 Å². The summed E-state index contributed by atoms with van der Waals surface area (Å²) in [6.07, 6.45) is 12.0. The number of rotatable bonds is 15. The lowest BCUT2D eigenvalue weighted by Crippen LogP contribution is -2.43. The fraction of sp³-hybridized carbons (Fsp3) is 0.467. The van der Waals surface area contributed by atoms with Crippen LogP contribution in [-0.2, 0) is 22.4 Å².